The Balaban J connectivity index is 1.35. The SMILES string of the molecule is COc1ccc(-c2nnc(SCCCc3nc4ccccc4o3)n2N)cc1. The van der Waals surface area contributed by atoms with Crippen LogP contribution in [-0.4, -0.2) is 32.7 Å². The van der Waals surface area contributed by atoms with Crippen molar-refractivity contribution in [3.05, 3.63) is 54.4 Å². The highest BCUT2D eigenvalue weighted by molar-refractivity contribution is 7.99. The Kier molecular flexibility index (Phi) is 4.97. The van der Waals surface area contributed by atoms with Crippen molar-refractivity contribution >= 4 is 22.9 Å². The number of rotatable bonds is 7. The smallest absolute Gasteiger partial charge is 0.210 e. The largest absolute Gasteiger partial charge is 0.497 e. The van der Waals surface area contributed by atoms with Crippen LogP contribution >= 0.6 is 11.8 Å². The number of nitrogen functional groups attached to an aromatic ring is 1. The number of fused-ring (bicyclic) bond motifs is 1. The van der Waals surface area contributed by atoms with Gasteiger partial charge in [-0.2, -0.15) is 0 Å². The fourth-order valence-electron chi connectivity index (χ4n) is 2.73. The third-order valence-corrected chi connectivity index (χ3v) is 5.15. The summed E-state index contributed by atoms with van der Waals surface area (Å²) in [5.74, 6) is 9.17. The van der Waals surface area contributed by atoms with Gasteiger partial charge in [-0.1, -0.05) is 23.9 Å². The Labute approximate surface area is 160 Å². The van der Waals surface area contributed by atoms with Gasteiger partial charge in [0.1, 0.15) is 11.3 Å². The summed E-state index contributed by atoms with van der Waals surface area (Å²) in [5.41, 5.74) is 2.61. The number of hydrogen-bond acceptors (Lipinski definition) is 7. The number of nitrogens with zero attached hydrogens (tertiary/aromatic N) is 4. The Morgan fingerprint density at radius 2 is 1.93 bits per heavy atom. The molecule has 2 aromatic carbocycles. The van der Waals surface area contributed by atoms with Crippen molar-refractivity contribution in [3.63, 3.8) is 0 Å². The van der Waals surface area contributed by atoms with Gasteiger partial charge < -0.3 is 15.0 Å². The topological polar surface area (TPSA) is 92.0 Å². The number of methoxy groups -OCH3 is 1. The molecule has 4 rings (SSSR count). The van der Waals surface area contributed by atoms with E-state index in [4.69, 9.17) is 15.0 Å². The first-order valence-electron chi connectivity index (χ1n) is 8.57. The molecule has 27 heavy (non-hydrogen) atoms. The molecule has 0 fully saturated rings. The highest BCUT2D eigenvalue weighted by atomic mass is 32.2. The van der Waals surface area contributed by atoms with E-state index in [0.717, 1.165) is 46.9 Å². The van der Waals surface area contributed by atoms with E-state index in [2.05, 4.69) is 15.2 Å². The van der Waals surface area contributed by atoms with E-state index in [1.54, 1.807) is 18.9 Å². The molecular formula is C19H19N5O2S. The molecule has 0 saturated heterocycles. The molecule has 2 heterocycles. The van der Waals surface area contributed by atoms with Crippen LogP contribution in [0.5, 0.6) is 5.75 Å². The molecule has 0 atom stereocenters. The van der Waals surface area contributed by atoms with Gasteiger partial charge in [0.25, 0.3) is 0 Å². The summed E-state index contributed by atoms with van der Waals surface area (Å²) < 4.78 is 12.4. The predicted molar refractivity (Wildman–Crippen MR) is 105 cm³/mol. The third-order valence-electron chi connectivity index (χ3n) is 4.12. The molecule has 0 bridgehead atoms. The lowest BCUT2D eigenvalue weighted by Crippen LogP contribution is -2.11. The average molecular weight is 381 g/mol. The van der Waals surface area contributed by atoms with Crippen LogP contribution in [0, 0.1) is 0 Å². The molecule has 0 radical (unpaired) electrons. The van der Waals surface area contributed by atoms with Gasteiger partial charge in [0.05, 0.1) is 7.11 Å². The fourth-order valence-corrected chi connectivity index (χ4v) is 3.52. The van der Waals surface area contributed by atoms with Crippen molar-refractivity contribution in [3.8, 4) is 17.1 Å². The normalized spacial score (nSPS) is 11.1. The van der Waals surface area contributed by atoms with Gasteiger partial charge in [-0.05, 0) is 42.8 Å². The number of oxazole rings is 1. The first-order chi connectivity index (χ1) is 13.2. The van der Waals surface area contributed by atoms with Crippen molar-refractivity contribution in [2.75, 3.05) is 18.7 Å². The average Bonchev–Trinajstić information content (AvgIpc) is 3.28. The summed E-state index contributed by atoms with van der Waals surface area (Å²) >= 11 is 1.57. The molecule has 138 valence electrons. The van der Waals surface area contributed by atoms with Crippen LogP contribution in [0.1, 0.15) is 12.3 Å². The minimum absolute atomic E-state index is 0.624. The Bertz CT molecular complexity index is 1010. The number of benzene rings is 2. The molecule has 2 aromatic heterocycles. The summed E-state index contributed by atoms with van der Waals surface area (Å²) in [4.78, 5) is 4.49. The monoisotopic (exact) mass is 381 g/mol. The molecule has 0 unspecified atom stereocenters. The number of thioether (sulfide) groups is 1. The zero-order valence-corrected chi connectivity index (χ0v) is 15.6. The van der Waals surface area contributed by atoms with Gasteiger partial charge in [0, 0.05) is 17.7 Å². The molecule has 0 amide bonds. The van der Waals surface area contributed by atoms with Crippen LogP contribution < -0.4 is 10.6 Å². The summed E-state index contributed by atoms with van der Waals surface area (Å²) in [5, 5.41) is 9.08. The Hall–Kier alpha value is -3.00. The zero-order valence-electron chi connectivity index (χ0n) is 14.8. The van der Waals surface area contributed by atoms with Crippen LogP contribution in [0.25, 0.3) is 22.5 Å². The van der Waals surface area contributed by atoms with Gasteiger partial charge in [0.2, 0.25) is 5.16 Å². The summed E-state index contributed by atoms with van der Waals surface area (Å²) in [7, 11) is 1.63. The van der Waals surface area contributed by atoms with E-state index in [1.807, 2.05) is 48.5 Å². The number of nitrogens with two attached hydrogens (primary N) is 1. The van der Waals surface area contributed by atoms with Crippen LogP contribution in [0.2, 0.25) is 0 Å². The lowest BCUT2D eigenvalue weighted by molar-refractivity contribution is 0.415. The first-order valence-corrected chi connectivity index (χ1v) is 9.55. The van der Waals surface area contributed by atoms with E-state index in [9.17, 15) is 0 Å². The number of aryl methyl sites for hydroxylation is 1. The van der Waals surface area contributed by atoms with Crippen molar-refractivity contribution in [2.24, 2.45) is 0 Å². The van der Waals surface area contributed by atoms with E-state index in [-0.39, 0.29) is 0 Å². The maximum absolute atomic E-state index is 6.16. The second-order valence-corrected chi connectivity index (χ2v) is 6.99. The van der Waals surface area contributed by atoms with Crippen molar-refractivity contribution in [2.45, 2.75) is 18.0 Å². The number of ether oxygens (including phenoxy) is 1. The molecule has 2 N–H and O–H groups in total. The molecular weight excluding hydrogens is 362 g/mol. The molecule has 0 spiro atoms. The lowest BCUT2D eigenvalue weighted by atomic mass is 10.2. The Morgan fingerprint density at radius 3 is 2.70 bits per heavy atom. The molecule has 7 nitrogen and oxygen atoms in total. The predicted octanol–water partition coefficient (Wildman–Crippen LogP) is 3.53. The molecule has 0 saturated carbocycles. The van der Waals surface area contributed by atoms with Crippen molar-refractivity contribution in [1.82, 2.24) is 19.9 Å². The second kappa shape index (κ2) is 7.71. The summed E-state index contributed by atoms with van der Waals surface area (Å²) in [6, 6.07) is 15.4. The van der Waals surface area contributed by atoms with E-state index >= 15 is 0 Å². The minimum atomic E-state index is 0.624. The van der Waals surface area contributed by atoms with Crippen LogP contribution in [0.3, 0.4) is 0 Å². The first kappa shape index (κ1) is 17.4. The second-order valence-electron chi connectivity index (χ2n) is 5.93. The van der Waals surface area contributed by atoms with Gasteiger partial charge in [0.15, 0.2) is 17.3 Å². The van der Waals surface area contributed by atoms with Gasteiger partial charge in [-0.15, -0.1) is 10.2 Å². The third kappa shape index (κ3) is 3.75. The van der Waals surface area contributed by atoms with Gasteiger partial charge in [-0.3, -0.25) is 0 Å². The molecule has 0 aliphatic carbocycles. The Morgan fingerprint density at radius 1 is 1.11 bits per heavy atom. The number of hydrogen-bond donors (Lipinski definition) is 1. The van der Waals surface area contributed by atoms with E-state index in [1.165, 1.54) is 4.68 Å². The molecule has 4 aromatic rings. The standard InChI is InChI=1S/C19H19N5O2S/c1-25-14-10-8-13(9-11-14)18-22-23-19(24(18)20)27-12-4-7-17-21-15-5-2-3-6-16(15)26-17/h2-3,5-6,8-11H,4,7,12,20H2,1H3. The fraction of sp³-hybridized carbons (Fsp3) is 0.211. The number of aromatic nitrogens is 4. The maximum atomic E-state index is 6.16. The molecule has 0 aliphatic heterocycles. The minimum Gasteiger partial charge on any atom is -0.497 e. The van der Waals surface area contributed by atoms with Crippen molar-refractivity contribution in [1.29, 1.82) is 0 Å². The highest BCUT2D eigenvalue weighted by Crippen LogP contribution is 2.24. The highest BCUT2D eigenvalue weighted by Gasteiger charge is 2.12. The van der Waals surface area contributed by atoms with Crippen LogP contribution in [0.4, 0.5) is 0 Å². The zero-order chi connectivity index (χ0) is 18.6. The summed E-state index contributed by atoms with van der Waals surface area (Å²) in [6.07, 6.45) is 1.67. The summed E-state index contributed by atoms with van der Waals surface area (Å²) in [6.45, 7) is 0. The molecule has 8 heteroatoms. The van der Waals surface area contributed by atoms with Gasteiger partial charge >= 0.3 is 0 Å². The lowest BCUT2D eigenvalue weighted by Gasteiger charge is -2.04. The van der Waals surface area contributed by atoms with E-state index < -0.39 is 0 Å². The molecule has 0 aliphatic rings. The maximum Gasteiger partial charge on any atom is 0.210 e. The quantitative estimate of drug-likeness (QED) is 0.297. The van der Waals surface area contributed by atoms with Crippen molar-refractivity contribution < 1.29 is 9.15 Å². The number of para-hydroxylation sites is 2. The van der Waals surface area contributed by atoms with E-state index in [0.29, 0.717) is 11.0 Å². The van der Waals surface area contributed by atoms with Gasteiger partial charge in [-0.25, -0.2) is 9.66 Å². The van der Waals surface area contributed by atoms with Crippen LogP contribution in [-0.2, 0) is 6.42 Å². The van der Waals surface area contributed by atoms with Crippen LogP contribution in [0.15, 0.2) is 58.1 Å².